The third kappa shape index (κ3) is 2.79. The quantitative estimate of drug-likeness (QED) is 0.881. The number of benzene rings is 1. The zero-order valence-electron chi connectivity index (χ0n) is 13.1. The van der Waals surface area contributed by atoms with Gasteiger partial charge in [-0.3, -0.25) is 4.79 Å². The van der Waals surface area contributed by atoms with Crippen LogP contribution in [-0.2, 0) is 16.6 Å². The van der Waals surface area contributed by atoms with Crippen molar-refractivity contribution < 1.29 is 19.4 Å². The van der Waals surface area contributed by atoms with Gasteiger partial charge in [0.15, 0.2) is 0 Å². The molecule has 0 spiro atoms. The van der Waals surface area contributed by atoms with Crippen molar-refractivity contribution >= 4 is 28.6 Å². The number of rotatable bonds is 5. The number of carboxylic acids is 1. The van der Waals surface area contributed by atoms with E-state index in [-0.39, 0.29) is 18.1 Å². The molecule has 0 unspecified atom stereocenters. The Kier molecular flexibility index (Phi) is 4.04. The molecule has 1 fully saturated rings. The van der Waals surface area contributed by atoms with Crippen LogP contribution in [0.4, 0.5) is 5.69 Å². The van der Waals surface area contributed by atoms with Crippen LogP contribution < -0.4 is 5.32 Å². The van der Waals surface area contributed by atoms with Gasteiger partial charge in [-0.2, -0.15) is 0 Å². The summed E-state index contributed by atoms with van der Waals surface area (Å²) in [6.07, 6.45) is 3.34. The molecule has 23 heavy (non-hydrogen) atoms. The minimum atomic E-state index is -1.04. The SMILES string of the molecule is COCC(=O)Nc1cc(C(=O)O)c2c(c1)nc(C1CCC1)n2C. The summed E-state index contributed by atoms with van der Waals surface area (Å²) in [6.45, 7) is -0.0873. The number of nitrogens with zero attached hydrogens (tertiary/aromatic N) is 2. The summed E-state index contributed by atoms with van der Waals surface area (Å²) in [6, 6.07) is 3.17. The van der Waals surface area contributed by atoms with E-state index in [9.17, 15) is 14.7 Å². The van der Waals surface area contributed by atoms with Crippen LogP contribution in [-0.4, -0.2) is 40.3 Å². The van der Waals surface area contributed by atoms with Crippen LogP contribution in [0.2, 0.25) is 0 Å². The standard InChI is InChI=1S/C16H19N3O4/c1-19-14-11(16(21)22)6-10(17-13(20)8-23-2)7-12(14)18-15(19)9-4-3-5-9/h6-7,9H,3-5,8H2,1-2H3,(H,17,20)(H,21,22). The van der Waals surface area contributed by atoms with Crippen molar-refractivity contribution in [2.24, 2.45) is 7.05 Å². The van der Waals surface area contributed by atoms with Gasteiger partial charge in [0, 0.05) is 25.8 Å². The second-order valence-electron chi connectivity index (χ2n) is 5.83. The average molecular weight is 317 g/mol. The average Bonchev–Trinajstić information content (AvgIpc) is 2.73. The Labute approximate surface area is 133 Å². The number of anilines is 1. The Morgan fingerprint density at radius 3 is 2.74 bits per heavy atom. The fraction of sp³-hybridized carbons (Fsp3) is 0.438. The van der Waals surface area contributed by atoms with Gasteiger partial charge in [-0.05, 0) is 25.0 Å². The zero-order valence-corrected chi connectivity index (χ0v) is 13.1. The number of ether oxygens (including phenoxy) is 1. The summed E-state index contributed by atoms with van der Waals surface area (Å²) >= 11 is 0. The molecule has 0 radical (unpaired) electrons. The molecular weight excluding hydrogens is 298 g/mol. The van der Waals surface area contributed by atoms with Crippen LogP contribution in [0.1, 0.15) is 41.4 Å². The number of carboxylic acid groups (broad SMARTS) is 1. The van der Waals surface area contributed by atoms with Crippen LogP contribution >= 0.6 is 0 Å². The Hall–Kier alpha value is -2.41. The fourth-order valence-corrected chi connectivity index (χ4v) is 2.96. The van der Waals surface area contributed by atoms with E-state index >= 15 is 0 Å². The van der Waals surface area contributed by atoms with E-state index < -0.39 is 5.97 Å². The second-order valence-corrected chi connectivity index (χ2v) is 5.83. The van der Waals surface area contributed by atoms with E-state index in [1.165, 1.54) is 19.6 Å². The number of methoxy groups -OCH3 is 1. The number of fused-ring (bicyclic) bond motifs is 1. The molecule has 1 aliphatic carbocycles. The fourth-order valence-electron chi connectivity index (χ4n) is 2.96. The van der Waals surface area contributed by atoms with E-state index in [0.717, 1.165) is 18.7 Å². The van der Waals surface area contributed by atoms with Crippen molar-refractivity contribution in [1.82, 2.24) is 9.55 Å². The van der Waals surface area contributed by atoms with Crippen LogP contribution in [0.25, 0.3) is 11.0 Å². The van der Waals surface area contributed by atoms with Gasteiger partial charge >= 0.3 is 5.97 Å². The maximum absolute atomic E-state index is 11.7. The van der Waals surface area contributed by atoms with Crippen molar-refractivity contribution in [3.63, 3.8) is 0 Å². The molecular formula is C16H19N3O4. The minimum Gasteiger partial charge on any atom is -0.478 e. The number of amides is 1. The number of imidazole rings is 1. The number of aromatic carboxylic acids is 1. The molecule has 0 aliphatic heterocycles. The highest BCUT2D eigenvalue weighted by Crippen LogP contribution is 2.37. The normalized spacial score (nSPS) is 14.7. The Balaban J connectivity index is 2.07. The largest absolute Gasteiger partial charge is 0.478 e. The number of carbonyl (C=O) groups is 2. The van der Waals surface area contributed by atoms with Crippen molar-refractivity contribution in [2.75, 3.05) is 19.0 Å². The highest BCUT2D eigenvalue weighted by molar-refractivity contribution is 6.04. The van der Waals surface area contributed by atoms with Crippen LogP contribution in [0.15, 0.2) is 12.1 Å². The van der Waals surface area contributed by atoms with Crippen molar-refractivity contribution in [3.05, 3.63) is 23.5 Å². The number of hydrogen-bond donors (Lipinski definition) is 2. The first kappa shape index (κ1) is 15.5. The molecule has 3 rings (SSSR count). The molecule has 7 nitrogen and oxygen atoms in total. The van der Waals surface area contributed by atoms with Gasteiger partial charge in [-0.25, -0.2) is 9.78 Å². The number of aryl methyl sites for hydroxylation is 1. The van der Waals surface area contributed by atoms with Crippen LogP contribution in [0.5, 0.6) is 0 Å². The molecule has 1 aromatic heterocycles. The molecule has 7 heteroatoms. The third-order valence-corrected chi connectivity index (χ3v) is 4.26. The topological polar surface area (TPSA) is 93.4 Å². The van der Waals surface area contributed by atoms with Crippen molar-refractivity contribution in [3.8, 4) is 0 Å². The molecule has 2 aromatic rings. The van der Waals surface area contributed by atoms with Crippen molar-refractivity contribution in [1.29, 1.82) is 0 Å². The lowest BCUT2D eigenvalue weighted by Crippen LogP contribution is -2.17. The predicted molar refractivity (Wildman–Crippen MR) is 84.8 cm³/mol. The van der Waals surface area contributed by atoms with Gasteiger partial charge in [0.1, 0.15) is 12.4 Å². The lowest BCUT2D eigenvalue weighted by Gasteiger charge is -2.24. The molecule has 0 atom stereocenters. The molecule has 1 heterocycles. The first-order valence-corrected chi connectivity index (χ1v) is 7.53. The van der Waals surface area contributed by atoms with E-state index in [2.05, 4.69) is 10.3 Å². The molecule has 1 aliphatic rings. The summed E-state index contributed by atoms with van der Waals surface area (Å²) in [5.41, 5.74) is 1.72. The lowest BCUT2D eigenvalue weighted by atomic mass is 9.85. The van der Waals surface area contributed by atoms with Crippen molar-refractivity contribution in [2.45, 2.75) is 25.2 Å². The van der Waals surface area contributed by atoms with Crippen LogP contribution in [0, 0.1) is 0 Å². The smallest absolute Gasteiger partial charge is 0.337 e. The Bertz CT molecular complexity index is 777. The molecule has 0 bridgehead atoms. The summed E-state index contributed by atoms with van der Waals surface area (Å²) in [4.78, 5) is 27.9. The molecule has 1 saturated carbocycles. The molecule has 122 valence electrons. The maximum Gasteiger partial charge on any atom is 0.337 e. The molecule has 1 aromatic carbocycles. The summed E-state index contributed by atoms with van der Waals surface area (Å²) < 4.78 is 6.63. The highest BCUT2D eigenvalue weighted by atomic mass is 16.5. The second kappa shape index (κ2) is 6.00. The Morgan fingerprint density at radius 2 is 2.17 bits per heavy atom. The zero-order chi connectivity index (χ0) is 16.6. The summed E-state index contributed by atoms with van der Waals surface area (Å²) in [5.74, 6) is -0.0750. The predicted octanol–water partition coefficient (Wildman–Crippen LogP) is 2.12. The molecule has 0 saturated heterocycles. The number of hydrogen-bond acceptors (Lipinski definition) is 4. The first-order valence-electron chi connectivity index (χ1n) is 7.53. The third-order valence-electron chi connectivity index (χ3n) is 4.26. The van der Waals surface area contributed by atoms with Gasteiger partial charge in [0.05, 0.1) is 16.6 Å². The van der Waals surface area contributed by atoms with E-state index in [1.807, 2.05) is 11.6 Å². The number of carbonyl (C=O) groups excluding carboxylic acids is 1. The molecule has 1 amide bonds. The summed E-state index contributed by atoms with van der Waals surface area (Å²) in [7, 11) is 3.27. The maximum atomic E-state index is 11.7. The number of aromatic nitrogens is 2. The monoisotopic (exact) mass is 317 g/mol. The van der Waals surface area contributed by atoms with E-state index in [1.54, 1.807) is 6.07 Å². The first-order chi connectivity index (χ1) is 11.0. The van der Waals surface area contributed by atoms with Gasteiger partial charge in [0.25, 0.3) is 0 Å². The highest BCUT2D eigenvalue weighted by Gasteiger charge is 2.26. The van der Waals surface area contributed by atoms with E-state index in [4.69, 9.17) is 4.74 Å². The van der Waals surface area contributed by atoms with E-state index in [0.29, 0.717) is 22.6 Å². The molecule has 2 N–H and O–H groups in total. The van der Waals surface area contributed by atoms with Crippen LogP contribution in [0.3, 0.4) is 0 Å². The van der Waals surface area contributed by atoms with Gasteiger partial charge in [0.2, 0.25) is 5.91 Å². The Morgan fingerprint density at radius 1 is 1.43 bits per heavy atom. The van der Waals surface area contributed by atoms with Gasteiger partial charge < -0.3 is 19.7 Å². The minimum absolute atomic E-state index is 0.0873. The lowest BCUT2D eigenvalue weighted by molar-refractivity contribution is -0.119. The van der Waals surface area contributed by atoms with Gasteiger partial charge in [-0.15, -0.1) is 0 Å². The summed E-state index contributed by atoms with van der Waals surface area (Å²) in [5, 5.41) is 12.1. The number of nitrogens with one attached hydrogen (secondary N) is 1. The van der Waals surface area contributed by atoms with Gasteiger partial charge in [-0.1, -0.05) is 6.42 Å².